The summed E-state index contributed by atoms with van der Waals surface area (Å²) in [6.45, 7) is 2.93. The summed E-state index contributed by atoms with van der Waals surface area (Å²) in [6, 6.07) is 14.7. The molecule has 1 aliphatic heterocycles. The highest BCUT2D eigenvalue weighted by Gasteiger charge is 2.35. The van der Waals surface area contributed by atoms with Crippen molar-refractivity contribution in [2.45, 2.75) is 31.4 Å². The molecule has 2 atom stereocenters. The summed E-state index contributed by atoms with van der Waals surface area (Å²) in [5.74, 6) is 0. The van der Waals surface area contributed by atoms with Crippen LogP contribution in [-0.2, 0) is 5.60 Å². The molecule has 0 spiro atoms. The second kappa shape index (κ2) is 4.38. The first-order valence-corrected chi connectivity index (χ1v) is 6.63. The molecule has 2 nitrogen and oxygen atoms in total. The van der Waals surface area contributed by atoms with Crippen LogP contribution in [0.15, 0.2) is 42.5 Å². The third kappa shape index (κ3) is 1.92. The molecule has 2 N–H and O–H groups in total. The zero-order valence-electron chi connectivity index (χ0n) is 10.7. The van der Waals surface area contributed by atoms with Crippen molar-refractivity contribution in [2.24, 2.45) is 0 Å². The molecule has 2 aromatic carbocycles. The smallest absolute Gasteiger partial charge is 0.102 e. The Kier molecular flexibility index (Phi) is 2.84. The average molecular weight is 241 g/mol. The van der Waals surface area contributed by atoms with Crippen LogP contribution < -0.4 is 5.32 Å². The van der Waals surface area contributed by atoms with Crippen LogP contribution in [0.25, 0.3) is 10.8 Å². The Labute approximate surface area is 108 Å². The molecule has 18 heavy (non-hydrogen) atoms. The van der Waals surface area contributed by atoms with E-state index in [0.717, 1.165) is 24.9 Å². The maximum absolute atomic E-state index is 10.8. The molecule has 0 amide bonds. The van der Waals surface area contributed by atoms with E-state index >= 15 is 0 Å². The third-order valence-electron chi connectivity index (χ3n) is 4.07. The fourth-order valence-corrected chi connectivity index (χ4v) is 2.87. The number of nitrogens with one attached hydrogen (secondary N) is 1. The molecule has 1 saturated heterocycles. The van der Waals surface area contributed by atoms with Crippen LogP contribution in [0.4, 0.5) is 0 Å². The van der Waals surface area contributed by atoms with Gasteiger partial charge in [-0.05, 0) is 48.7 Å². The molecule has 2 heteroatoms. The molecule has 0 aliphatic carbocycles. The Hall–Kier alpha value is -1.38. The molecule has 1 heterocycles. The molecule has 0 bridgehead atoms. The Balaban J connectivity index is 2.02. The molecule has 3 rings (SSSR count). The predicted octanol–water partition coefficient (Wildman–Crippen LogP) is 2.80. The van der Waals surface area contributed by atoms with E-state index in [1.165, 1.54) is 10.8 Å². The fraction of sp³-hybridized carbons (Fsp3) is 0.375. The molecule has 0 saturated carbocycles. The van der Waals surface area contributed by atoms with Gasteiger partial charge >= 0.3 is 0 Å². The number of fused-ring (bicyclic) bond motifs is 1. The van der Waals surface area contributed by atoms with Gasteiger partial charge in [0.1, 0.15) is 5.60 Å². The number of rotatable bonds is 2. The van der Waals surface area contributed by atoms with Gasteiger partial charge in [0.25, 0.3) is 0 Å². The van der Waals surface area contributed by atoms with Crippen LogP contribution in [0.5, 0.6) is 0 Å². The van der Waals surface area contributed by atoms with Crippen molar-refractivity contribution in [3.05, 3.63) is 48.0 Å². The Morgan fingerprint density at radius 2 is 1.94 bits per heavy atom. The monoisotopic (exact) mass is 241 g/mol. The molecule has 1 aliphatic rings. The number of benzene rings is 2. The first-order chi connectivity index (χ1) is 8.68. The van der Waals surface area contributed by atoms with Crippen molar-refractivity contribution in [1.82, 2.24) is 5.32 Å². The third-order valence-corrected chi connectivity index (χ3v) is 4.07. The SMILES string of the molecule is CC(O)(c1ccc2ccccc2c1)[C@@H]1CCCN1. The minimum Gasteiger partial charge on any atom is -0.384 e. The van der Waals surface area contributed by atoms with Crippen LogP contribution in [0.3, 0.4) is 0 Å². The van der Waals surface area contributed by atoms with Gasteiger partial charge in [-0.3, -0.25) is 0 Å². The molecule has 94 valence electrons. The van der Waals surface area contributed by atoms with E-state index in [9.17, 15) is 5.11 Å². The largest absolute Gasteiger partial charge is 0.384 e. The van der Waals surface area contributed by atoms with Gasteiger partial charge in [0, 0.05) is 6.04 Å². The van der Waals surface area contributed by atoms with Gasteiger partial charge in [0.2, 0.25) is 0 Å². The Bertz CT molecular complexity index is 556. The summed E-state index contributed by atoms with van der Waals surface area (Å²) in [6.07, 6.45) is 2.19. The van der Waals surface area contributed by atoms with Gasteiger partial charge in [-0.25, -0.2) is 0 Å². The van der Waals surface area contributed by atoms with E-state index in [0.29, 0.717) is 0 Å². The molecule has 2 aromatic rings. The highest BCUT2D eigenvalue weighted by atomic mass is 16.3. The lowest BCUT2D eigenvalue weighted by atomic mass is 9.86. The molecular weight excluding hydrogens is 222 g/mol. The molecule has 1 unspecified atom stereocenters. The minimum absolute atomic E-state index is 0.165. The maximum Gasteiger partial charge on any atom is 0.102 e. The lowest BCUT2D eigenvalue weighted by Gasteiger charge is -2.31. The predicted molar refractivity (Wildman–Crippen MR) is 74.5 cm³/mol. The normalized spacial score (nSPS) is 23.1. The van der Waals surface area contributed by atoms with Crippen molar-refractivity contribution in [3.8, 4) is 0 Å². The molecule has 0 radical (unpaired) electrons. The average Bonchev–Trinajstić information content (AvgIpc) is 2.92. The second-order valence-corrected chi connectivity index (χ2v) is 5.36. The fourth-order valence-electron chi connectivity index (χ4n) is 2.87. The highest BCUT2D eigenvalue weighted by Crippen LogP contribution is 2.31. The lowest BCUT2D eigenvalue weighted by molar-refractivity contribution is 0.0220. The molecule has 1 fully saturated rings. The van der Waals surface area contributed by atoms with Gasteiger partial charge in [-0.1, -0.05) is 36.4 Å². The van der Waals surface area contributed by atoms with Gasteiger partial charge in [0.15, 0.2) is 0 Å². The van der Waals surface area contributed by atoms with Gasteiger partial charge in [-0.15, -0.1) is 0 Å². The zero-order valence-corrected chi connectivity index (χ0v) is 10.7. The Morgan fingerprint density at radius 1 is 1.17 bits per heavy atom. The van der Waals surface area contributed by atoms with Crippen molar-refractivity contribution < 1.29 is 5.11 Å². The van der Waals surface area contributed by atoms with Gasteiger partial charge in [-0.2, -0.15) is 0 Å². The van der Waals surface area contributed by atoms with Crippen molar-refractivity contribution in [3.63, 3.8) is 0 Å². The van der Waals surface area contributed by atoms with Gasteiger partial charge in [0.05, 0.1) is 0 Å². The molecule has 0 aromatic heterocycles. The maximum atomic E-state index is 10.8. The van der Waals surface area contributed by atoms with E-state index in [2.05, 4.69) is 29.6 Å². The summed E-state index contributed by atoms with van der Waals surface area (Å²) in [5, 5.41) is 16.6. The topological polar surface area (TPSA) is 32.3 Å². The van der Waals surface area contributed by atoms with Crippen LogP contribution in [-0.4, -0.2) is 17.7 Å². The summed E-state index contributed by atoms with van der Waals surface area (Å²) in [4.78, 5) is 0. The van der Waals surface area contributed by atoms with Crippen LogP contribution in [0, 0.1) is 0 Å². The van der Waals surface area contributed by atoms with Crippen LogP contribution >= 0.6 is 0 Å². The van der Waals surface area contributed by atoms with E-state index in [-0.39, 0.29) is 6.04 Å². The lowest BCUT2D eigenvalue weighted by Crippen LogP contribution is -2.42. The molecular formula is C16H19NO. The Morgan fingerprint density at radius 3 is 2.67 bits per heavy atom. The number of aliphatic hydroxyl groups is 1. The quantitative estimate of drug-likeness (QED) is 0.847. The van der Waals surface area contributed by atoms with E-state index in [1.54, 1.807) is 0 Å². The van der Waals surface area contributed by atoms with E-state index in [4.69, 9.17) is 0 Å². The van der Waals surface area contributed by atoms with E-state index < -0.39 is 5.60 Å². The second-order valence-electron chi connectivity index (χ2n) is 5.36. The zero-order chi connectivity index (χ0) is 12.6. The first kappa shape index (κ1) is 11.7. The first-order valence-electron chi connectivity index (χ1n) is 6.63. The number of hydrogen-bond acceptors (Lipinski definition) is 2. The van der Waals surface area contributed by atoms with E-state index in [1.807, 2.05) is 25.1 Å². The summed E-state index contributed by atoms with van der Waals surface area (Å²) >= 11 is 0. The standard InChI is InChI=1S/C16H19NO/c1-16(18,15-7-4-10-17-15)14-9-8-12-5-2-3-6-13(12)11-14/h2-3,5-6,8-9,11,15,17-18H,4,7,10H2,1H3/t15-,16?/m0/s1. The minimum atomic E-state index is -0.791. The van der Waals surface area contributed by atoms with Crippen LogP contribution in [0.1, 0.15) is 25.3 Å². The number of hydrogen-bond donors (Lipinski definition) is 2. The van der Waals surface area contributed by atoms with Crippen molar-refractivity contribution >= 4 is 10.8 Å². The van der Waals surface area contributed by atoms with Crippen LogP contribution in [0.2, 0.25) is 0 Å². The summed E-state index contributed by atoms with van der Waals surface area (Å²) < 4.78 is 0. The van der Waals surface area contributed by atoms with Crippen molar-refractivity contribution in [1.29, 1.82) is 0 Å². The van der Waals surface area contributed by atoms with Gasteiger partial charge < -0.3 is 10.4 Å². The summed E-state index contributed by atoms with van der Waals surface area (Å²) in [5.41, 5.74) is 0.209. The highest BCUT2D eigenvalue weighted by molar-refractivity contribution is 5.83. The summed E-state index contributed by atoms with van der Waals surface area (Å²) in [7, 11) is 0. The van der Waals surface area contributed by atoms with Crippen molar-refractivity contribution in [2.75, 3.05) is 6.54 Å².